The summed E-state index contributed by atoms with van der Waals surface area (Å²) in [6.07, 6.45) is 1.28. The van der Waals surface area contributed by atoms with Crippen molar-refractivity contribution in [2.24, 2.45) is 0 Å². The topological polar surface area (TPSA) is 109 Å². The van der Waals surface area contributed by atoms with Gasteiger partial charge in [0.2, 0.25) is 5.88 Å². The van der Waals surface area contributed by atoms with Crippen LogP contribution in [0.1, 0.15) is 11.9 Å². The predicted octanol–water partition coefficient (Wildman–Crippen LogP) is -0.0333. The third-order valence-electron chi connectivity index (χ3n) is 2.53. The summed E-state index contributed by atoms with van der Waals surface area (Å²) in [5.74, 6) is 1.08. The lowest BCUT2D eigenvalue weighted by Crippen LogP contribution is -2.33. The van der Waals surface area contributed by atoms with Gasteiger partial charge in [-0.2, -0.15) is 11.1 Å². The van der Waals surface area contributed by atoms with E-state index in [0.717, 1.165) is 5.69 Å². The van der Waals surface area contributed by atoms with Crippen molar-refractivity contribution in [1.82, 2.24) is 31.9 Å². The summed E-state index contributed by atoms with van der Waals surface area (Å²) >= 11 is 0. The highest BCUT2D eigenvalue weighted by Gasteiger charge is 2.17. The molecule has 3 rings (SSSR count). The molecule has 0 aliphatic carbocycles. The van der Waals surface area contributed by atoms with Gasteiger partial charge in [-0.3, -0.25) is 0 Å². The molecule has 1 aromatic carbocycles. The van der Waals surface area contributed by atoms with Gasteiger partial charge in [0.15, 0.2) is 0 Å². The summed E-state index contributed by atoms with van der Waals surface area (Å²) in [5.41, 5.74) is 18.4. The maximum atomic E-state index is 5.69. The summed E-state index contributed by atoms with van der Waals surface area (Å²) in [5, 5.41) is 0. The second-order valence-corrected chi connectivity index (χ2v) is 3.93. The normalized spacial score (nSPS) is 15.6. The van der Waals surface area contributed by atoms with Gasteiger partial charge in [0.05, 0.1) is 5.69 Å². The molecular formula is C11H13N7O. The van der Waals surface area contributed by atoms with Crippen molar-refractivity contribution < 1.29 is 4.74 Å². The Labute approximate surface area is 109 Å². The molecular weight excluding hydrogens is 246 g/mol. The molecule has 1 fully saturated rings. The van der Waals surface area contributed by atoms with Crippen molar-refractivity contribution in [2.75, 3.05) is 5.73 Å². The van der Waals surface area contributed by atoms with Crippen molar-refractivity contribution in [1.29, 1.82) is 0 Å². The largest absolute Gasteiger partial charge is 0.439 e. The quantitative estimate of drug-likeness (QED) is 0.489. The Morgan fingerprint density at radius 3 is 2.74 bits per heavy atom. The van der Waals surface area contributed by atoms with Crippen molar-refractivity contribution in [3.05, 3.63) is 42.4 Å². The molecule has 6 N–H and O–H groups in total. The van der Waals surface area contributed by atoms with Gasteiger partial charge in [-0.1, -0.05) is 6.07 Å². The molecule has 8 nitrogen and oxygen atoms in total. The number of hydrazine groups is 3. The van der Waals surface area contributed by atoms with Crippen molar-refractivity contribution in [2.45, 2.75) is 6.17 Å². The Morgan fingerprint density at radius 2 is 1.95 bits per heavy atom. The number of hydrogen-bond donors (Lipinski definition) is 5. The first-order chi connectivity index (χ1) is 9.31. The van der Waals surface area contributed by atoms with Gasteiger partial charge in [-0.05, 0) is 12.1 Å². The van der Waals surface area contributed by atoms with Crippen molar-refractivity contribution in [3.8, 4) is 11.6 Å². The van der Waals surface area contributed by atoms with Gasteiger partial charge in [-0.25, -0.2) is 20.8 Å². The molecule has 0 spiro atoms. The van der Waals surface area contributed by atoms with E-state index < -0.39 is 0 Å². The summed E-state index contributed by atoms with van der Waals surface area (Å²) in [6.45, 7) is 0. The van der Waals surface area contributed by atoms with E-state index in [4.69, 9.17) is 10.5 Å². The zero-order valence-electron chi connectivity index (χ0n) is 9.92. The van der Waals surface area contributed by atoms with Crippen LogP contribution in [0.15, 0.2) is 36.7 Å². The molecule has 1 saturated heterocycles. The number of nitrogens with zero attached hydrogens (tertiary/aromatic N) is 2. The minimum Gasteiger partial charge on any atom is -0.439 e. The number of nitrogen functional groups attached to an aromatic ring is 1. The van der Waals surface area contributed by atoms with Gasteiger partial charge >= 0.3 is 0 Å². The van der Waals surface area contributed by atoms with E-state index in [1.54, 1.807) is 18.2 Å². The van der Waals surface area contributed by atoms with Crippen LogP contribution >= 0.6 is 0 Å². The Kier molecular flexibility index (Phi) is 3.21. The zero-order valence-corrected chi connectivity index (χ0v) is 9.92. The molecule has 0 bridgehead atoms. The lowest BCUT2D eigenvalue weighted by atomic mass is 10.3. The summed E-state index contributed by atoms with van der Waals surface area (Å²) in [7, 11) is 0. The molecule has 0 atom stereocenters. The van der Waals surface area contributed by atoms with Crippen LogP contribution in [0.25, 0.3) is 0 Å². The van der Waals surface area contributed by atoms with Crippen LogP contribution in [0, 0.1) is 0 Å². The minimum absolute atomic E-state index is 0.161. The smallest absolute Gasteiger partial charge is 0.222 e. The van der Waals surface area contributed by atoms with Gasteiger partial charge in [0.25, 0.3) is 0 Å². The average Bonchev–Trinajstić information content (AvgIpc) is 2.93. The molecule has 2 heterocycles. The molecule has 1 aliphatic rings. The number of rotatable bonds is 3. The van der Waals surface area contributed by atoms with Crippen molar-refractivity contribution >= 4 is 5.69 Å². The fourth-order valence-electron chi connectivity index (χ4n) is 1.67. The molecule has 2 aromatic rings. The number of aromatic nitrogens is 2. The Bertz CT molecular complexity index is 570. The fourth-order valence-corrected chi connectivity index (χ4v) is 1.67. The van der Waals surface area contributed by atoms with Gasteiger partial charge in [0.1, 0.15) is 18.2 Å². The molecule has 0 amide bonds. The second-order valence-electron chi connectivity index (χ2n) is 3.93. The van der Waals surface area contributed by atoms with E-state index in [9.17, 15) is 0 Å². The Hall–Kier alpha value is -2.26. The first-order valence-corrected chi connectivity index (χ1v) is 5.68. The molecule has 19 heavy (non-hydrogen) atoms. The molecule has 0 saturated carbocycles. The average molecular weight is 259 g/mol. The second kappa shape index (κ2) is 5.16. The van der Waals surface area contributed by atoms with E-state index >= 15 is 0 Å². The van der Waals surface area contributed by atoms with Crippen LogP contribution in [0.2, 0.25) is 0 Å². The number of nitrogens with one attached hydrogen (secondary N) is 4. The Morgan fingerprint density at radius 1 is 1.11 bits per heavy atom. The first-order valence-electron chi connectivity index (χ1n) is 5.68. The molecule has 0 radical (unpaired) electrons. The molecule has 1 aromatic heterocycles. The summed E-state index contributed by atoms with van der Waals surface area (Å²) in [6, 6.07) is 8.90. The fraction of sp³-hybridized carbons (Fsp3) is 0.0909. The van der Waals surface area contributed by atoms with E-state index in [1.165, 1.54) is 6.33 Å². The van der Waals surface area contributed by atoms with Gasteiger partial charge < -0.3 is 10.5 Å². The van der Waals surface area contributed by atoms with Crippen molar-refractivity contribution in [3.63, 3.8) is 0 Å². The van der Waals surface area contributed by atoms with Gasteiger partial charge in [-0.15, -0.1) is 0 Å². The van der Waals surface area contributed by atoms with E-state index in [1.807, 2.05) is 12.1 Å². The zero-order chi connectivity index (χ0) is 13.1. The number of ether oxygens (including phenoxy) is 1. The minimum atomic E-state index is -0.161. The van der Waals surface area contributed by atoms with Crippen LogP contribution in [0.5, 0.6) is 11.6 Å². The number of hydrogen-bond acceptors (Lipinski definition) is 8. The SMILES string of the molecule is Nc1cccc(Oc2cc(C3NNNN3)ncn2)c1. The molecule has 1 aliphatic heterocycles. The lowest BCUT2D eigenvalue weighted by molar-refractivity contribution is 0.455. The van der Waals surface area contributed by atoms with Crippen LogP contribution < -0.4 is 32.4 Å². The predicted molar refractivity (Wildman–Crippen MR) is 68.2 cm³/mol. The number of nitrogens with two attached hydrogens (primary N) is 1. The first kappa shape index (κ1) is 11.8. The maximum absolute atomic E-state index is 5.69. The third kappa shape index (κ3) is 2.77. The third-order valence-corrected chi connectivity index (χ3v) is 2.53. The highest BCUT2D eigenvalue weighted by molar-refractivity contribution is 5.44. The van der Waals surface area contributed by atoms with E-state index in [2.05, 4.69) is 31.9 Å². The Balaban J connectivity index is 1.79. The summed E-state index contributed by atoms with van der Waals surface area (Å²) in [4.78, 5) is 8.22. The monoisotopic (exact) mass is 259 g/mol. The molecule has 0 unspecified atom stereocenters. The van der Waals surface area contributed by atoms with Crippen LogP contribution in [0.4, 0.5) is 5.69 Å². The van der Waals surface area contributed by atoms with Crippen LogP contribution in [0.3, 0.4) is 0 Å². The summed E-state index contributed by atoms with van der Waals surface area (Å²) < 4.78 is 5.63. The highest BCUT2D eigenvalue weighted by Crippen LogP contribution is 2.22. The molecule has 8 heteroatoms. The van der Waals surface area contributed by atoms with E-state index in [0.29, 0.717) is 17.3 Å². The van der Waals surface area contributed by atoms with Gasteiger partial charge in [0, 0.05) is 17.8 Å². The van der Waals surface area contributed by atoms with Crippen LogP contribution in [-0.4, -0.2) is 9.97 Å². The molecule has 98 valence electrons. The number of benzene rings is 1. The standard InChI is InChI=1S/C11H13N7O/c12-7-2-1-3-8(4-7)19-10-5-9(13-6-14-10)11-15-17-18-16-11/h1-6,11,15-18H,12H2. The van der Waals surface area contributed by atoms with E-state index in [-0.39, 0.29) is 6.17 Å². The number of anilines is 1. The lowest BCUT2D eigenvalue weighted by Gasteiger charge is -2.10. The maximum Gasteiger partial charge on any atom is 0.222 e. The highest BCUT2D eigenvalue weighted by atomic mass is 16.5. The van der Waals surface area contributed by atoms with Crippen LogP contribution in [-0.2, 0) is 0 Å².